The summed E-state index contributed by atoms with van der Waals surface area (Å²) in [6.45, 7) is 3.44. The molecule has 1 amide bonds. The van der Waals surface area contributed by atoms with Gasteiger partial charge in [-0.15, -0.1) is 12.4 Å². The summed E-state index contributed by atoms with van der Waals surface area (Å²) < 4.78 is 7.49. The summed E-state index contributed by atoms with van der Waals surface area (Å²) in [6.07, 6.45) is 0. The van der Waals surface area contributed by atoms with Gasteiger partial charge in [0.15, 0.2) is 0 Å². The average Bonchev–Trinajstić information content (AvgIpc) is 3.09. The fourth-order valence-corrected chi connectivity index (χ4v) is 4.12. The Kier molecular flexibility index (Phi) is 7.42. The summed E-state index contributed by atoms with van der Waals surface area (Å²) in [5.74, 6) is 1.22. The number of imidazole rings is 1. The fraction of sp³-hybridized carbons (Fsp3) is 0.167. The van der Waals surface area contributed by atoms with E-state index in [9.17, 15) is 4.79 Å². The number of rotatable bonds is 5. The Hall–Kier alpha value is -2.93. The van der Waals surface area contributed by atoms with E-state index >= 15 is 0 Å². The molecule has 0 aliphatic carbocycles. The van der Waals surface area contributed by atoms with Crippen molar-refractivity contribution >= 4 is 69.6 Å². The second kappa shape index (κ2) is 9.91. The summed E-state index contributed by atoms with van der Waals surface area (Å²) >= 11 is 12.3. The van der Waals surface area contributed by atoms with Gasteiger partial charge in [0.25, 0.3) is 0 Å². The Morgan fingerprint density at radius 1 is 1.03 bits per heavy atom. The van der Waals surface area contributed by atoms with E-state index in [1.807, 2.05) is 61.0 Å². The SMILES string of the molecule is COc1cc(Cl)cc(C)c1Nc1ccc(NC(C)=O)c2c1nc(-c1ccc(Cl)cc1)n2C.Cl. The van der Waals surface area contributed by atoms with Crippen LogP contribution in [0.4, 0.5) is 17.1 Å². The fourth-order valence-electron chi connectivity index (χ4n) is 3.74. The largest absolute Gasteiger partial charge is 0.495 e. The normalized spacial score (nSPS) is 10.6. The topological polar surface area (TPSA) is 68.2 Å². The highest BCUT2D eigenvalue weighted by molar-refractivity contribution is 6.31. The lowest BCUT2D eigenvalue weighted by Gasteiger charge is -2.16. The zero-order valence-corrected chi connectivity index (χ0v) is 20.8. The van der Waals surface area contributed by atoms with Gasteiger partial charge in [-0.25, -0.2) is 4.98 Å². The second-order valence-corrected chi connectivity index (χ2v) is 8.34. The van der Waals surface area contributed by atoms with Crippen molar-refractivity contribution in [1.29, 1.82) is 0 Å². The van der Waals surface area contributed by atoms with E-state index in [0.29, 0.717) is 27.0 Å². The van der Waals surface area contributed by atoms with Crippen molar-refractivity contribution in [1.82, 2.24) is 9.55 Å². The van der Waals surface area contributed by atoms with Crippen LogP contribution in [0, 0.1) is 6.92 Å². The molecule has 0 unspecified atom stereocenters. The number of ether oxygens (including phenoxy) is 1. The molecule has 0 bridgehead atoms. The third kappa shape index (κ3) is 4.88. The van der Waals surface area contributed by atoms with Crippen LogP contribution in [0.2, 0.25) is 10.0 Å². The van der Waals surface area contributed by atoms with Crippen molar-refractivity contribution in [3.05, 3.63) is 64.1 Å². The lowest BCUT2D eigenvalue weighted by molar-refractivity contribution is -0.114. The van der Waals surface area contributed by atoms with Crippen LogP contribution in [-0.2, 0) is 11.8 Å². The van der Waals surface area contributed by atoms with Crippen LogP contribution >= 0.6 is 35.6 Å². The number of benzene rings is 3. The number of halogens is 3. The number of fused-ring (bicyclic) bond motifs is 1. The predicted octanol–water partition coefficient (Wildman–Crippen LogP) is 6.99. The number of amides is 1. The van der Waals surface area contributed by atoms with Gasteiger partial charge in [0.05, 0.1) is 29.7 Å². The summed E-state index contributed by atoms with van der Waals surface area (Å²) in [6, 6.07) is 14.9. The van der Waals surface area contributed by atoms with E-state index in [2.05, 4.69) is 10.6 Å². The van der Waals surface area contributed by atoms with Gasteiger partial charge in [-0.05, 0) is 55.0 Å². The summed E-state index contributed by atoms with van der Waals surface area (Å²) in [7, 11) is 3.52. The molecule has 0 saturated carbocycles. The van der Waals surface area contributed by atoms with Gasteiger partial charge in [-0.1, -0.05) is 23.2 Å². The maximum atomic E-state index is 11.8. The van der Waals surface area contributed by atoms with Crippen LogP contribution in [-0.4, -0.2) is 22.6 Å². The Labute approximate surface area is 208 Å². The molecule has 4 rings (SSSR count). The molecule has 33 heavy (non-hydrogen) atoms. The van der Waals surface area contributed by atoms with E-state index in [0.717, 1.165) is 33.8 Å². The minimum absolute atomic E-state index is 0. The molecule has 1 aromatic heterocycles. The molecule has 4 aromatic rings. The molecule has 2 N–H and O–H groups in total. The number of hydrogen-bond acceptors (Lipinski definition) is 4. The summed E-state index contributed by atoms with van der Waals surface area (Å²) in [5.41, 5.74) is 5.59. The zero-order chi connectivity index (χ0) is 23.0. The molecule has 172 valence electrons. The number of carbonyl (C=O) groups excluding carboxylic acids is 1. The number of anilines is 3. The zero-order valence-electron chi connectivity index (χ0n) is 18.5. The Bertz CT molecular complexity index is 1330. The van der Waals surface area contributed by atoms with Gasteiger partial charge in [0.1, 0.15) is 17.1 Å². The first kappa shape index (κ1) is 24.7. The lowest BCUT2D eigenvalue weighted by atomic mass is 10.1. The standard InChI is InChI=1S/C24H22Cl2N4O2.ClH/c1-13-11-17(26)12-20(32-4)21(13)28-18-9-10-19(27-14(2)31)23-22(18)29-24(30(23)3)15-5-7-16(25)8-6-15;/h5-12,28H,1-4H3,(H,27,31);1H. The number of nitrogens with zero attached hydrogens (tertiary/aromatic N) is 2. The van der Waals surface area contributed by atoms with Crippen molar-refractivity contribution in [2.75, 3.05) is 17.7 Å². The second-order valence-electron chi connectivity index (χ2n) is 7.47. The van der Waals surface area contributed by atoms with Crippen LogP contribution < -0.4 is 15.4 Å². The highest BCUT2D eigenvalue weighted by Crippen LogP contribution is 2.39. The monoisotopic (exact) mass is 504 g/mol. The molecular formula is C24H23Cl3N4O2. The number of hydrogen-bond donors (Lipinski definition) is 2. The Morgan fingerprint density at radius 2 is 1.70 bits per heavy atom. The molecule has 0 aliphatic heterocycles. The van der Waals surface area contributed by atoms with E-state index in [4.69, 9.17) is 32.9 Å². The van der Waals surface area contributed by atoms with Crippen LogP contribution in [0.1, 0.15) is 12.5 Å². The van der Waals surface area contributed by atoms with Gasteiger partial charge in [-0.3, -0.25) is 4.79 Å². The van der Waals surface area contributed by atoms with Crippen molar-refractivity contribution in [3.63, 3.8) is 0 Å². The minimum atomic E-state index is -0.156. The molecule has 1 heterocycles. The van der Waals surface area contributed by atoms with Gasteiger partial charge in [0.2, 0.25) is 5.91 Å². The van der Waals surface area contributed by atoms with Crippen molar-refractivity contribution in [2.45, 2.75) is 13.8 Å². The van der Waals surface area contributed by atoms with E-state index in [1.165, 1.54) is 6.92 Å². The molecule has 0 fully saturated rings. The van der Waals surface area contributed by atoms with Crippen molar-refractivity contribution in [3.8, 4) is 17.1 Å². The van der Waals surface area contributed by atoms with E-state index in [-0.39, 0.29) is 18.3 Å². The van der Waals surface area contributed by atoms with Gasteiger partial charge < -0.3 is 19.9 Å². The summed E-state index contributed by atoms with van der Waals surface area (Å²) in [4.78, 5) is 16.7. The van der Waals surface area contributed by atoms with Gasteiger partial charge >= 0.3 is 0 Å². The first-order valence-corrected chi connectivity index (χ1v) is 10.7. The third-order valence-electron chi connectivity index (χ3n) is 5.18. The molecule has 0 aliphatic rings. The third-order valence-corrected chi connectivity index (χ3v) is 5.65. The smallest absolute Gasteiger partial charge is 0.221 e. The number of methoxy groups -OCH3 is 1. The van der Waals surface area contributed by atoms with Gasteiger partial charge in [0, 0.05) is 35.6 Å². The van der Waals surface area contributed by atoms with Crippen molar-refractivity contribution in [2.24, 2.45) is 7.05 Å². The van der Waals surface area contributed by atoms with E-state index < -0.39 is 0 Å². The average molecular weight is 506 g/mol. The lowest BCUT2D eigenvalue weighted by Crippen LogP contribution is -2.08. The predicted molar refractivity (Wildman–Crippen MR) is 139 cm³/mol. The number of nitrogens with one attached hydrogen (secondary N) is 2. The van der Waals surface area contributed by atoms with E-state index in [1.54, 1.807) is 13.2 Å². The molecular weight excluding hydrogens is 483 g/mol. The maximum Gasteiger partial charge on any atom is 0.221 e. The Balaban J connectivity index is 0.00000306. The maximum absolute atomic E-state index is 11.8. The number of aryl methyl sites for hydroxylation is 2. The molecule has 0 saturated heterocycles. The van der Waals surface area contributed by atoms with Crippen molar-refractivity contribution < 1.29 is 9.53 Å². The van der Waals surface area contributed by atoms with Crippen LogP contribution in [0.3, 0.4) is 0 Å². The number of aromatic nitrogens is 2. The first-order chi connectivity index (χ1) is 15.3. The molecule has 0 atom stereocenters. The molecule has 0 radical (unpaired) electrons. The van der Waals surface area contributed by atoms with Crippen LogP contribution in [0.5, 0.6) is 5.75 Å². The quantitative estimate of drug-likeness (QED) is 0.307. The highest BCUT2D eigenvalue weighted by atomic mass is 35.5. The first-order valence-electron chi connectivity index (χ1n) is 9.92. The molecule has 0 spiro atoms. The number of carbonyl (C=O) groups is 1. The molecule has 6 nitrogen and oxygen atoms in total. The highest BCUT2D eigenvalue weighted by Gasteiger charge is 2.19. The minimum Gasteiger partial charge on any atom is -0.495 e. The molecule has 3 aromatic carbocycles. The van der Waals surface area contributed by atoms with Gasteiger partial charge in [-0.2, -0.15) is 0 Å². The van der Waals surface area contributed by atoms with Crippen LogP contribution in [0.15, 0.2) is 48.5 Å². The Morgan fingerprint density at radius 3 is 2.33 bits per heavy atom. The summed E-state index contributed by atoms with van der Waals surface area (Å²) in [5, 5.41) is 7.60. The molecule has 9 heteroatoms. The van der Waals surface area contributed by atoms with Crippen LogP contribution in [0.25, 0.3) is 22.4 Å².